The second-order valence-corrected chi connectivity index (χ2v) is 6.02. The van der Waals surface area contributed by atoms with Gasteiger partial charge in [-0.3, -0.25) is 0 Å². The molecular weight excluding hydrogens is 292 g/mol. The number of phenols is 2. The highest BCUT2D eigenvalue weighted by molar-refractivity contribution is 5.50. The summed E-state index contributed by atoms with van der Waals surface area (Å²) in [7, 11) is 1.65. The Hall–Kier alpha value is -2.36. The van der Waals surface area contributed by atoms with E-state index in [9.17, 15) is 10.2 Å². The van der Waals surface area contributed by atoms with Gasteiger partial charge in [0.1, 0.15) is 11.5 Å². The SMILES string of the molecule is COc1cccc(C(C)COc2cc(O)c(O)cc2C(C)C)c1. The van der Waals surface area contributed by atoms with E-state index in [0.717, 1.165) is 16.9 Å². The fourth-order valence-corrected chi connectivity index (χ4v) is 2.41. The topological polar surface area (TPSA) is 58.9 Å². The van der Waals surface area contributed by atoms with E-state index in [1.165, 1.54) is 6.07 Å². The molecule has 2 aromatic rings. The van der Waals surface area contributed by atoms with Gasteiger partial charge in [-0.1, -0.05) is 32.9 Å². The van der Waals surface area contributed by atoms with Crippen molar-refractivity contribution in [2.45, 2.75) is 32.6 Å². The molecule has 0 saturated heterocycles. The van der Waals surface area contributed by atoms with E-state index in [1.54, 1.807) is 13.2 Å². The van der Waals surface area contributed by atoms with Crippen LogP contribution in [0.25, 0.3) is 0 Å². The summed E-state index contributed by atoms with van der Waals surface area (Å²) < 4.78 is 11.2. The first-order chi connectivity index (χ1) is 10.9. The maximum absolute atomic E-state index is 9.71. The summed E-state index contributed by atoms with van der Waals surface area (Å²) in [4.78, 5) is 0. The maximum Gasteiger partial charge on any atom is 0.161 e. The molecule has 0 aromatic heterocycles. The lowest BCUT2D eigenvalue weighted by molar-refractivity contribution is 0.288. The van der Waals surface area contributed by atoms with Crippen LogP contribution in [0.15, 0.2) is 36.4 Å². The molecular formula is C19H24O4. The highest BCUT2D eigenvalue weighted by Gasteiger charge is 2.15. The summed E-state index contributed by atoms with van der Waals surface area (Å²) >= 11 is 0. The van der Waals surface area contributed by atoms with E-state index in [-0.39, 0.29) is 23.3 Å². The maximum atomic E-state index is 9.71. The average molecular weight is 316 g/mol. The molecule has 0 aliphatic rings. The first kappa shape index (κ1) is 17.0. The molecule has 2 N–H and O–H groups in total. The van der Waals surface area contributed by atoms with Crippen molar-refractivity contribution < 1.29 is 19.7 Å². The van der Waals surface area contributed by atoms with Crippen LogP contribution in [0.2, 0.25) is 0 Å². The van der Waals surface area contributed by atoms with Crippen LogP contribution in [0, 0.1) is 0 Å². The number of ether oxygens (including phenoxy) is 2. The Bertz CT molecular complexity index is 664. The summed E-state index contributed by atoms with van der Waals surface area (Å²) in [6.45, 7) is 6.58. The fraction of sp³-hybridized carbons (Fsp3) is 0.368. The molecule has 0 amide bonds. The predicted molar refractivity (Wildman–Crippen MR) is 90.8 cm³/mol. The predicted octanol–water partition coefficient (Wildman–Crippen LogP) is 4.41. The standard InChI is InChI=1S/C19H24O4/c1-12(2)16-9-17(20)18(21)10-19(16)23-11-13(3)14-6-5-7-15(8-14)22-4/h5-10,12-13,20-21H,11H2,1-4H3. The Labute approximate surface area is 137 Å². The molecule has 0 heterocycles. The molecule has 0 saturated carbocycles. The Kier molecular flexibility index (Phi) is 5.37. The highest BCUT2D eigenvalue weighted by atomic mass is 16.5. The normalized spacial score (nSPS) is 12.2. The molecule has 124 valence electrons. The smallest absolute Gasteiger partial charge is 0.161 e. The molecule has 4 nitrogen and oxygen atoms in total. The minimum absolute atomic E-state index is 0.123. The van der Waals surface area contributed by atoms with Gasteiger partial charge in [-0.05, 0) is 29.7 Å². The molecule has 23 heavy (non-hydrogen) atoms. The van der Waals surface area contributed by atoms with Gasteiger partial charge < -0.3 is 19.7 Å². The van der Waals surface area contributed by atoms with Gasteiger partial charge in [0.2, 0.25) is 0 Å². The van der Waals surface area contributed by atoms with Gasteiger partial charge in [0.05, 0.1) is 13.7 Å². The van der Waals surface area contributed by atoms with Gasteiger partial charge in [0, 0.05) is 17.5 Å². The lowest BCUT2D eigenvalue weighted by Gasteiger charge is -2.18. The van der Waals surface area contributed by atoms with Gasteiger partial charge >= 0.3 is 0 Å². The molecule has 1 atom stereocenters. The largest absolute Gasteiger partial charge is 0.504 e. The molecule has 1 unspecified atom stereocenters. The summed E-state index contributed by atoms with van der Waals surface area (Å²) in [5.41, 5.74) is 2.00. The second kappa shape index (κ2) is 7.27. The van der Waals surface area contributed by atoms with Crippen LogP contribution >= 0.6 is 0 Å². The van der Waals surface area contributed by atoms with Crippen LogP contribution in [0.5, 0.6) is 23.0 Å². The lowest BCUT2D eigenvalue weighted by atomic mass is 10.0. The van der Waals surface area contributed by atoms with E-state index in [1.807, 2.05) is 38.1 Å². The minimum atomic E-state index is -0.168. The van der Waals surface area contributed by atoms with Crippen LogP contribution in [0.4, 0.5) is 0 Å². The van der Waals surface area contributed by atoms with E-state index in [0.29, 0.717) is 12.4 Å². The molecule has 0 aliphatic carbocycles. The Morgan fingerprint density at radius 2 is 1.70 bits per heavy atom. The number of rotatable bonds is 6. The van der Waals surface area contributed by atoms with E-state index < -0.39 is 0 Å². The monoisotopic (exact) mass is 316 g/mol. The molecule has 0 bridgehead atoms. The molecule has 0 aliphatic heterocycles. The lowest BCUT2D eigenvalue weighted by Crippen LogP contribution is -2.09. The Morgan fingerprint density at radius 1 is 1.00 bits per heavy atom. The number of hydrogen-bond acceptors (Lipinski definition) is 4. The third-order valence-corrected chi connectivity index (χ3v) is 3.88. The first-order valence-electron chi connectivity index (χ1n) is 7.75. The third kappa shape index (κ3) is 4.09. The van der Waals surface area contributed by atoms with Crippen molar-refractivity contribution in [2.24, 2.45) is 0 Å². The fourth-order valence-electron chi connectivity index (χ4n) is 2.41. The van der Waals surface area contributed by atoms with Crippen LogP contribution in [-0.2, 0) is 0 Å². The van der Waals surface area contributed by atoms with Gasteiger partial charge in [0.25, 0.3) is 0 Å². The van der Waals surface area contributed by atoms with Gasteiger partial charge in [-0.2, -0.15) is 0 Å². The Morgan fingerprint density at radius 3 is 2.35 bits per heavy atom. The number of aromatic hydroxyl groups is 2. The van der Waals surface area contributed by atoms with Crippen molar-refractivity contribution in [3.8, 4) is 23.0 Å². The van der Waals surface area contributed by atoms with Crippen LogP contribution in [0.1, 0.15) is 43.7 Å². The molecule has 0 radical (unpaired) electrons. The first-order valence-corrected chi connectivity index (χ1v) is 7.75. The molecule has 0 spiro atoms. The number of hydrogen-bond donors (Lipinski definition) is 2. The minimum Gasteiger partial charge on any atom is -0.504 e. The van der Waals surface area contributed by atoms with E-state index in [2.05, 4.69) is 6.92 Å². The molecule has 2 aromatic carbocycles. The molecule has 4 heteroatoms. The van der Waals surface area contributed by atoms with Gasteiger partial charge in [0.15, 0.2) is 11.5 Å². The Balaban J connectivity index is 2.15. The molecule has 0 fully saturated rings. The zero-order chi connectivity index (χ0) is 17.0. The molecule has 2 rings (SSSR count). The summed E-state index contributed by atoms with van der Waals surface area (Å²) in [6, 6.07) is 10.9. The van der Waals surface area contributed by atoms with E-state index in [4.69, 9.17) is 9.47 Å². The zero-order valence-electron chi connectivity index (χ0n) is 14.0. The highest BCUT2D eigenvalue weighted by Crippen LogP contribution is 2.37. The average Bonchev–Trinajstić information content (AvgIpc) is 2.55. The van der Waals surface area contributed by atoms with Crippen molar-refractivity contribution in [3.63, 3.8) is 0 Å². The summed E-state index contributed by atoms with van der Waals surface area (Å²) in [5.74, 6) is 1.48. The zero-order valence-corrected chi connectivity index (χ0v) is 14.0. The van der Waals surface area contributed by atoms with Gasteiger partial charge in [-0.25, -0.2) is 0 Å². The number of phenolic OH excluding ortho intramolecular Hbond substituents is 2. The van der Waals surface area contributed by atoms with E-state index >= 15 is 0 Å². The summed E-state index contributed by atoms with van der Waals surface area (Å²) in [6.07, 6.45) is 0. The van der Waals surface area contributed by atoms with Crippen LogP contribution in [-0.4, -0.2) is 23.9 Å². The van der Waals surface area contributed by atoms with Crippen molar-refractivity contribution in [2.75, 3.05) is 13.7 Å². The van der Waals surface area contributed by atoms with Crippen LogP contribution in [0.3, 0.4) is 0 Å². The van der Waals surface area contributed by atoms with Gasteiger partial charge in [-0.15, -0.1) is 0 Å². The quantitative estimate of drug-likeness (QED) is 0.775. The van der Waals surface area contributed by atoms with Crippen molar-refractivity contribution in [1.82, 2.24) is 0 Å². The summed E-state index contributed by atoms with van der Waals surface area (Å²) in [5, 5.41) is 19.4. The second-order valence-electron chi connectivity index (χ2n) is 6.02. The van der Waals surface area contributed by atoms with Crippen molar-refractivity contribution >= 4 is 0 Å². The third-order valence-electron chi connectivity index (χ3n) is 3.88. The number of methoxy groups -OCH3 is 1. The van der Waals surface area contributed by atoms with Crippen LogP contribution < -0.4 is 9.47 Å². The van der Waals surface area contributed by atoms with Crippen molar-refractivity contribution in [1.29, 1.82) is 0 Å². The van der Waals surface area contributed by atoms with Crippen molar-refractivity contribution in [3.05, 3.63) is 47.5 Å². The number of benzene rings is 2.